The van der Waals surface area contributed by atoms with E-state index in [1.807, 2.05) is 12.1 Å². The molecule has 21 heteroatoms. The van der Waals surface area contributed by atoms with Crippen LogP contribution in [0.5, 0.6) is 0 Å². The van der Waals surface area contributed by atoms with Crippen LogP contribution in [-0.2, 0) is 31.4 Å². The van der Waals surface area contributed by atoms with Crippen molar-refractivity contribution in [2.75, 3.05) is 49.2 Å². The lowest BCUT2D eigenvalue weighted by molar-refractivity contribution is -0.140. The maximum atomic E-state index is 14.6. The molecule has 0 bridgehead atoms. The summed E-state index contributed by atoms with van der Waals surface area (Å²) in [4.78, 5) is 61.3. The molecule has 4 amide bonds. The highest BCUT2D eigenvalue weighted by atomic mass is 32.1. The Labute approximate surface area is 403 Å². The van der Waals surface area contributed by atoms with E-state index >= 15 is 0 Å². The van der Waals surface area contributed by atoms with Gasteiger partial charge in [-0.3, -0.25) is 9.80 Å². The van der Waals surface area contributed by atoms with Crippen LogP contribution in [-0.4, -0.2) is 78.3 Å². The summed E-state index contributed by atoms with van der Waals surface area (Å²) in [5, 5.41) is 24.9. The number of nitriles is 2. The number of thiocarbonyl (C=S) groups is 1. The molecule has 2 heterocycles. The Kier molecular flexibility index (Phi) is 15.9. The fraction of sp³-hybridized carbons (Fsp3) is 0.286. The number of nitrogens with one attached hydrogen (secondary N) is 2. The summed E-state index contributed by atoms with van der Waals surface area (Å²) in [7, 11) is 0. The molecule has 2 N–H and O–H groups in total. The van der Waals surface area contributed by atoms with Gasteiger partial charge in [-0.15, -0.1) is 0 Å². The second-order valence-corrected chi connectivity index (χ2v) is 16.0. The topological polar surface area (TPSA) is 171 Å². The molecule has 0 aliphatic carbocycles. The van der Waals surface area contributed by atoms with E-state index in [9.17, 15) is 56.0 Å². The molecular formula is C49H44F6N8O6S. The molecule has 4 aromatic carbocycles. The zero-order valence-corrected chi connectivity index (χ0v) is 38.8. The highest BCUT2D eigenvalue weighted by Crippen LogP contribution is 2.43. The first-order valence-corrected chi connectivity index (χ1v) is 22.0. The van der Waals surface area contributed by atoms with Gasteiger partial charge in [0.15, 0.2) is 5.11 Å². The van der Waals surface area contributed by atoms with Gasteiger partial charge in [0.2, 0.25) is 0 Å². The lowest BCUT2D eigenvalue weighted by Crippen LogP contribution is -2.54. The molecule has 0 fully saturated rings. The molecule has 2 atom stereocenters. The summed E-state index contributed by atoms with van der Waals surface area (Å²) >= 11 is 5.59. The third kappa shape index (κ3) is 11.0. The number of allylic oxidation sites excluding steroid dienone is 2. The number of halogens is 6. The molecule has 14 nitrogen and oxygen atoms in total. The van der Waals surface area contributed by atoms with Gasteiger partial charge < -0.3 is 29.9 Å². The number of anilines is 2. The highest BCUT2D eigenvalue weighted by Gasteiger charge is 2.45. The minimum Gasteiger partial charge on any atom is -0.463 e. The Morgan fingerprint density at radius 3 is 1.30 bits per heavy atom. The van der Waals surface area contributed by atoms with Crippen molar-refractivity contribution in [1.82, 2.24) is 20.4 Å². The molecule has 0 unspecified atom stereocenters. The Morgan fingerprint density at radius 2 is 0.986 bits per heavy atom. The van der Waals surface area contributed by atoms with Crippen molar-refractivity contribution in [3.8, 4) is 12.1 Å². The Morgan fingerprint density at radius 1 is 0.629 bits per heavy atom. The van der Waals surface area contributed by atoms with E-state index in [0.717, 1.165) is 46.2 Å². The Bertz CT molecular complexity index is 2630. The number of carbonyl (C=O) groups is 4. The molecule has 2 aliphatic heterocycles. The van der Waals surface area contributed by atoms with Gasteiger partial charge in [0.05, 0.1) is 82.2 Å². The monoisotopic (exact) mass is 986 g/mol. The van der Waals surface area contributed by atoms with Crippen molar-refractivity contribution in [3.63, 3.8) is 0 Å². The first kappa shape index (κ1) is 51.5. The van der Waals surface area contributed by atoms with Gasteiger partial charge >= 0.3 is 36.4 Å². The molecule has 2 aliphatic rings. The van der Waals surface area contributed by atoms with Gasteiger partial charge in [0.25, 0.3) is 0 Å². The standard InChI is InChI=1S/C49H44F6N8O6S/c1-5-68-43(64)39-29(3)62(37-11-7-9-35(25-37)48(50,51)52)46(66)60(41(39)33-17-13-31(27-56)14-18-33)23-21-58-45(70)59-22-24-61-42(34-19-15-32(28-57)16-20-34)40(44(65)69-6-2)30(4)63(47(61)67)38-12-8-10-36(26-38)49(53,54)55/h7-20,25-26,41-42H,5-6,21-24H2,1-4H3,(H2,58,59,70)/t41-,42-/m1/s1. The molecule has 0 radical (unpaired) electrons. The summed E-state index contributed by atoms with van der Waals surface area (Å²) in [6, 6.07) is 20.3. The number of hydrogen-bond donors (Lipinski definition) is 2. The maximum absolute atomic E-state index is 14.6. The molecular weight excluding hydrogens is 943 g/mol. The van der Waals surface area contributed by atoms with Crippen molar-refractivity contribution in [3.05, 3.63) is 153 Å². The van der Waals surface area contributed by atoms with Crippen LogP contribution in [0.25, 0.3) is 0 Å². The summed E-state index contributed by atoms with van der Waals surface area (Å²) < 4.78 is 94.4. The number of benzene rings is 4. The smallest absolute Gasteiger partial charge is 0.416 e. The average Bonchev–Trinajstić information content (AvgIpc) is 3.32. The van der Waals surface area contributed by atoms with Crippen LogP contribution in [0.2, 0.25) is 0 Å². The molecule has 0 saturated carbocycles. The van der Waals surface area contributed by atoms with E-state index in [4.69, 9.17) is 21.7 Å². The minimum absolute atomic E-state index is 0.00729. The number of urea groups is 2. The lowest BCUT2D eigenvalue weighted by Gasteiger charge is -2.43. The van der Waals surface area contributed by atoms with E-state index in [-0.39, 0.29) is 89.5 Å². The van der Waals surface area contributed by atoms with Crippen LogP contribution in [0.1, 0.15) is 73.2 Å². The number of esters is 2. The second-order valence-electron chi connectivity index (χ2n) is 15.6. The Hall–Kier alpha value is -7.91. The van der Waals surface area contributed by atoms with Crippen molar-refractivity contribution >= 4 is 52.7 Å². The molecule has 364 valence electrons. The van der Waals surface area contributed by atoms with Gasteiger partial charge in [-0.1, -0.05) is 36.4 Å². The number of ether oxygens (including phenoxy) is 2. The van der Waals surface area contributed by atoms with Crippen LogP contribution < -0.4 is 20.4 Å². The fourth-order valence-electron chi connectivity index (χ4n) is 8.17. The maximum Gasteiger partial charge on any atom is 0.416 e. The third-order valence-corrected chi connectivity index (χ3v) is 11.6. The molecule has 0 spiro atoms. The minimum atomic E-state index is -4.76. The molecule has 0 aromatic heterocycles. The van der Waals surface area contributed by atoms with Crippen LogP contribution in [0.4, 0.5) is 47.3 Å². The van der Waals surface area contributed by atoms with Crippen LogP contribution >= 0.6 is 12.2 Å². The van der Waals surface area contributed by atoms with Crippen LogP contribution in [0.3, 0.4) is 0 Å². The molecule has 6 rings (SSSR count). The van der Waals surface area contributed by atoms with Gasteiger partial charge in [-0.25, -0.2) is 19.2 Å². The summed E-state index contributed by atoms with van der Waals surface area (Å²) in [5.41, 5.74) is -1.21. The zero-order valence-electron chi connectivity index (χ0n) is 37.9. The summed E-state index contributed by atoms with van der Waals surface area (Å²) in [6.45, 7) is 5.14. The normalized spacial score (nSPS) is 16.5. The molecule has 0 saturated heterocycles. The summed E-state index contributed by atoms with van der Waals surface area (Å²) in [6.07, 6.45) is -9.53. The van der Waals surface area contributed by atoms with Gasteiger partial charge in [-0.05, 0) is 112 Å². The van der Waals surface area contributed by atoms with Crippen LogP contribution in [0, 0.1) is 22.7 Å². The quantitative estimate of drug-likeness (QED) is 0.0701. The first-order chi connectivity index (χ1) is 33.2. The number of hydrogen-bond acceptors (Lipinski definition) is 9. The van der Waals surface area contributed by atoms with Gasteiger partial charge in [0.1, 0.15) is 0 Å². The van der Waals surface area contributed by atoms with Crippen molar-refractivity contribution < 1.29 is 55.0 Å². The number of alkyl halides is 6. The van der Waals surface area contributed by atoms with Crippen molar-refractivity contribution in [2.45, 2.75) is 52.1 Å². The predicted molar refractivity (Wildman–Crippen MR) is 247 cm³/mol. The SMILES string of the molecule is CCOC(=O)C1=C(C)N(c2cccc(C(F)(F)F)c2)C(=O)N(CCNC(=S)NCCN2C(=O)N(c3cccc(C(F)(F)F)c3)C(C)=C(C(=O)OCC)[C@H]2c2ccc(C#N)cc2)[C@@H]1c1ccc(C#N)cc1. The fourth-order valence-corrected chi connectivity index (χ4v) is 8.37. The van der Waals surface area contributed by atoms with E-state index in [2.05, 4.69) is 10.6 Å². The van der Waals surface area contributed by atoms with E-state index in [1.54, 1.807) is 38.1 Å². The van der Waals surface area contributed by atoms with E-state index in [0.29, 0.717) is 11.1 Å². The highest BCUT2D eigenvalue weighted by molar-refractivity contribution is 7.80. The lowest BCUT2D eigenvalue weighted by atomic mass is 9.92. The van der Waals surface area contributed by atoms with Gasteiger partial charge in [-0.2, -0.15) is 36.9 Å². The number of nitrogens with zero attached hydrogens (tertiary/aromatic N) is 6. The second kappa shape index (κ2) is 21.6. The molecule has 4 aromatic rings. The molecule has 70 heavy (non-hydrogen) atoms. The number of amides is 4. The van der Waals surface area contributed by atoms with Crippen molar-refractivity contribution in [1.29, 1.82) is 10.5 Å². The van der Waals surface area contributed by atoms with Crippen LogP contribution in [0.15, 0.2) is 120 Å². The first-order valence-electron chi connectivity index (χ1n) is 21.6. The summed E-state index contributed by atoms with van der Waals surface area (Å²) in [5.74, 6) is -1.69. The van der Waals surface area contributed by atoms with E-state index < -0.39 is 59.6 Å². The van der Waals surface area contributed by atoms with E-state index in [1.165, 1.54) is 60.0 Å². The average molecular weight is 987 g/mol. The third-order valence-electron chi connectivity index (χ3n) is 11.3. The number of carbonyl (C=O) groups excluding carboxylic acids is 4. The predicted octanol–water partition coefficient (Wildman–Crippen LogP) is 9.27. The zero-order chi connectivity index (χ0) is 51.1. The number of rotatable bonds is 14. The van der Waals surface area contributed by atoms with Crippen molar-refractivity contribution in [2.24, 2.45) is 0 Å². The Balaban J connectivity index is 1.29. The van der Waals surface area contributed by atoms with Gasteiger partial charge in [0, 0.05) is 37.6 Å². The largest absolute Gasteiger partial charge is 0.463 e.